The average Bonchev–Trinajstić information content (AvgIpc) is 3.07. The highest BCUT2D eigenvalue weighted by Crippen LogP contribution is 2.43. The zero-order chi connectivity index (χ0) is 16.8. The Kier molecular flexibility index (Phi) is 3.17. The zero-order valence-corrected chi connectivity index (χ0v) is 13.1. The molecule has 0 bridgehead atoms. The molecule has 0 saturated heterocycles. The number of hydrogen-bond acceptors (Lipinski definition) is 6. The molecule has 1 aliphatic rings. The second kappa shape index (κ2) is 5.24. The summed E-state index contributed by atoms with van der Waals surface area (Å²) < 4.78 is 16.6. The van der Waals surface area contributed by atoms with Crippen molar-refractivity contribution >= 4 is 28.2 Å². The summed E-state index contributed by atoms with van der Waals surface area (Å²) >= 11 is 5.10. The second-order valence-electron chi connectivity index (χ2n) is 5.32. The van der Waals surface area contributed by atoms with Crippen molar-refractivity contribution in [2.45, 2.75) is 5.92 Å². The average molecular weight is 340 g/mol. The van der Waals surface area contributed by atoms with Crippen LogP contribution in [0.1, 0.15) is 17.2 Å². The minimum atomic E-state index is -0.679. The van der Waals surface area contributed by atoms with Gasteiger partial charge in [-0.15, -0.1) is 0 Å². The Labute approximate surface area is 141 Å². The monoisotopic (exact) mass is 340 g/mol. The van der Waals surface area contributed by atoms with E-state index in [9.17, 15) is 4.79 Å². The standard InChI is InChI=1S/C17H12N2O4S/c18-15-13(16(19)24)11(10-6-3-7-21-10)12-14(23-15)8-4-1-2-5-9(8)22-17(12)20/h1-7,11H,18H2,(H2,19,24). The van der Waals surface area contributed by atoms with E-state index in [0.717, 1.165) is 0 Å². The SMILES string of the molecule is NC(=S)C1=C(N)Oc2c(c(=O)oc3ccccc23)C1c1ccco1. The third kappa shape index (κ3) is 2.02. The smallest absolute Gasteiger partial charge is 0.344 e. The fourth-order valence-corrected chi connectivity index (χ4v) is 3.17. The number of furan rings is 1. The quantitative estimate of drug-likeness (QED) is 0.545. The molecule has 0 aliphatic carbocycles. The van der Waals surface area contributed by atoms with Gasteiger partial charge in [0.2, 0.25) is 0 Å². The number of benzene rings is 1. The molecule has 1 atom stereocenters. The molecule has 120 valence electrons. The molecule has 6 nitrogen and oxygen atoms in total. The summed E-state index contributed by atoms with van der Waals surface area (Å²) in [6, 6.07) is 10.5. The summed E-state index contributed by atoms with van der Waals surface area (Å²) in [6.07, 6.45) is 1.50. The van der Waals surface area contributed by atoms with E-state index >= 15 is 0 Å². The number of ether oxygens (including phenoxy) is 1. The van der Waals surface area contributed by atoms with Crippen LogP contribution in [-0.2, 0) is 0 Å². The molecule has 0 radical (unpaired) electrons. The predicted octanol–water partition coefficient (Wildman–Crippen LogP) is 2.37. The summed E-state index contributed by atoms with van der Waals surface area (Å²) in [5.74, 6) is 0.183. The van der Waals surface area contributed by atoms with Crippen molar-refractivity contribution in [2.24, 2.45) is 11.5 Å². The molecule has 0 fully saturated rings. The van der Waals surface area contributed by atoms with Crippen LogP contribution in [0.5, 0.6) is 5.75 Å². The van der Waals surface area contributed by atoms with E-state index in [1.54, 1.807) is 30.3 Å². The zero-order valence-electron chi connectivity index (χ0n) is 12.3. The van der Waals surface area contributed by atoms with Crippen molar-refractivity contribution in [3.8, 4) is 5.75 Å². The number of para-hydroxylation sites is 1. The van der Waals surface area contributed by atoms with Gasteiger partial charge in [0, 0.05) is 0 Å². The highest BCUT2D eigenvalue weighted by molar-refractivity contribution is 7.80. The molecule has 24 heavy (non-hydrogen) atoms. The van der Waals surface area contributed by atoms with E-state index in [0.29, 0.717) is 28.1 Å². The Morgan fingerprint density at radius 2 is 1.96 bits per heavy atom. The molecular formula is C17H12N2O4S. The molecule has 7 heteroatoms. The van der Waals surface area contributed by atoms with Gasteiger partial charge < -0.3 is 25.0 Å². The number of thiocarbonyl (C=S) groups is 1. The molecule has 2 aromatic heterocycles. The second-order valence-corrected chi connectivity index (χ2v) is 5.76. The molecule has 3 heterocycles. The van der Waals surface area contributed by atoms with Crippen LogP contribution in [0.4, 0.5) is 0 Å². The minimum Gasteiger partial charge on any atom is -0.468 e. The minimum absolute atomic E-state index is 0.0344. The van der Waals surface area contributed by atoms with Crippen molar-refractivity contribution in [3.05, 3.63) is 75.9 Å². The Morgan fingerprint density at radius 1 is 1.17 bits per heavy atom. The molecule has 0 amide bonds. The lowest BCUT2D eigenvalue weighted by atomic mass is 9.87. The van der Waals surface area contributed by atoms with Crippen LogP contribution < -0.4 is 21.8 Å². The summed E-state index contributed by atoms with van der Waals surface area (Å²) in [5.41, 5.74) is 12.3. The van der Waals surface area contributed by atoms with Gasteiger partial charge in [0.25, 0.3) is 0 Å². The van der Waals surface area contributed by atoms with Crippen LogP contribution in [0.25, 0.3) is 11.0 Å². The summed E-state index contributed by atoms with van der Waals surface area (Å²) in [5, 5.41) is 0.633. The first-order chi connectivity index (χ1) is 11.6. The fourth-order valence-electron chi connectivity index (χ4n) is 2.95. The van der Waals surface area contributed by atoms with Crippen LogP contribution in [0.15, 0.2) is 67.7 Å². The summed E-state index contributed by atoms with van der Waals surface area (Å²) in [4.78, 5) is 12.7. The lowest BCUT2D eigenvalue weighted by Crippen LogP contribution is -2.32. The molecule has 3 aromatic rings. The highest BCUT2D eigenvalue weighted by atomic mass is 32.1. The van der Waals surface area contributed by atoms with Crippen LogP contribution in [0, 0.1) is 0 Å². The number of rotatable bonds is 2. The molecule has 0 saturated carbocycles. The van der Waals surface area contributed by atoms with Gasteiger partial charge in [-0.3, -0.25) is 0 Å². The molecule has 0 spiro atoms. The van der Waals surface area contributed by atoms with E-state index < -0.39 is 11.5 Å². The lowest BCUT2D eigenvalue weighted by molar-refractivity contribution is 0.379. The van der Waals surface area contributed by atoms with Crippen LogP contribution >= 0.6 is 12.2 Å². The van der Waals surface area contributed by atoms with Gasteiger partial charge in [0.1, 0.15) is 16.3 Å². The van der Waals surface area contributed by atoms with Gasteiger partial charge in [-0.25, -0.2) is 4.79 Å². The molecule has 1 aliphatic heterocycles. The maximum absolute atomic E-state index is 12.6. The predicted molar refractivity (Wildman–Crippen MR) is 91.7 cm³/mol. The van der Waals surface area contributed by atoms with Crippen molar-refractivity contribution in [1.29, 1.82) is 0 Å². The van der Waals surface area contributed by atoms with Crippen LogP contribution in [0.2, 0.25) is 0 Å². The maximum Gasteiger partial charge on any atom is 0.344 e. The normalized spacial score (nSPS) is 16.8. The van der Waals surface area contributed by atoms with Gasteiger partial charge >= 0.3 is 5.63 Å². The van der Waals surface area contributed by atoms with Crippen molar-refractivity contribution < 1.29 is 13.6 Å². The van der Waals surface area contributed by atoms with Gasteiger partial charge in [-0.05, 0) is 24.3 Å². The number of nitrogens with two attached hydrogens (primary N) is 2. The first kappa shape index (κ1) is 14.5. The van der Waals surface area contributed by atoms with E-state index in [4.69, 9.17) is 37.3 Å². The van der Waals surface area contributed by atoms with Gasteiger partial charge in [-0.2, -0.15) is 0 Å². The van der Waals surface area contributed by atoms with Crippen LogP contribution in [-0.4, -0.2) is 4.99 Å². The third-order valence-electron chi connectivity index (χ3n) is 3.95. The fraction of sp³-hybridized carbons (Fsp3) is 0.0588. The van der Waals surface area contributed by atoms with Crippen molar-refractivity contribution in [1.82, 2.24) is 0 Å². The first-order valence-corrected chi connectivity index (χ1v) is 7.55. The van der Waals surface area contributed by atoms with Crippen LogP contribution in [0.3, 0.4) is 0 Å². The largest absolute Gasteiger partial charge is 0.468 e. The Hall–Kier alpha value is -3.06. The van der Waals surface area contributed by atoms with Crippen molar-refractivity contribution in [3.63, 3.8) is 0 Å². The molecule has 4 rings (SSSR count). The van der Waals surface area contributed by atoms with E-state index in [-0.39, 0.29) is 16.4 Å². The maximum atomic E-state index is 12.6. The van der Waals surface area contributed by atoms with Gasteiger partial charge in [0.15, 0.2) is 11.6 Å². The summed E-state index contributed by atoms with van der Waals surface area (Å²) in [6.45, 7) is 0. The Morgan fingerprint density at radius 3 is 2.67 bits per heavy atom. The Balaban J connectivity index is 2.11. The van der Waals surface area contributed by atoms with E-state index in [1.165, 1.54) is 6.26 Å². The highest BCUT2D eigenvalue weighted by Gasteiger charge is 2.37. The molecule has 4 N–H and O–H groups in total. The topological polar surface area (TPSA) is 105 Å². The van der Waals surface area contributed by atoms with E-state index in [1.807, 2.05) is 6.07 Å². The lowest BCUT2D eigenvalue weighted by Gasteiger charge is -2.26. The molecule has 1 aromatic carbocycles. The first-order valence-electron chi connectivity index (χ1n) is 7.14. The molecule has 1 unspecified atom stereocenters. The van der Waals surface area contributed by atoms with Crippen molar-refractivity contribution in [2.75, 3.05) is 0 Å². The van der Waals surface area contributed by atoms with Gasteiger partial charge in [-0.1, -0.05) is 24.4 Å². The summed E-state index contributed by atoms with van der Waals surface area (Å²) in [7, 11) is 0. The number of hydrogen-bond donors (Lipinski definition) is 2. The molecular weight excluding hydrogens is 328 g/mol. The third-order valence-corrected chi connectivity index (χ3v) is 4.17. The van der Waals surface area contributed by atoms with Gasteiger partial charge in [0.05, 0.1) is 28.7 Å². The van der Waals surface area contributed by atoms with E-state index in [2.05, 4.69) is 0 Å². The number of fused-ring (bicyclic) bond motifs is 3. The Bertz CT molecular complexity index is 1050.